The van der Waals surface area contributed by atoms with Gasteiger partial charge in [0.1, 0.15) is 11.6 Å². The molecule has 0 aliphatic heterocycles. The molecular weight excluding hydrogens is 321 g/mol. The first-order valence-corrected chi connectivity index (χ1v) is 6.37. The molecule has 0 fully saturated rings. The molecule has 1 atom stereocenters. The Morgan fingerprint density at radius 2 is 1.74 bits per heavy atom. The summed E-state index contributed by atoms with van der Waals surface area (Å²) in [4.78, 5) is -0.636. The van der Waals surface area contributed by atoms with E-state index in [0.717, 1.165) is 18.2 Å². The highest BCUT2D eigenvalue weighted by Gasteiger charge is 2.17. The molecule has 0 saturated carbocycles. The fourth-order valence-corrected chi connectivity index (χ4v) is 2.36. The Bertz CT molecular complexity index is 601. The maximum Gasteiger partial charge on any atom is 0.165 e. The zero-order chi connectivity index (χ0) is 14.0. The van der Waals surface area contributed by atoms with Gasteiger partial charge in [-0.15, -0.1) is 0 Å². The minimum absolute atomic E-state index is 0.100. The van der Waals surface area contributed by atoms with E-state index in [4.69, 9.17) is 4.74 Å². The SMILES string of the molecule is COc1ccc(C(Br)c2cc(F)ccc2F)cc1F. The predicted octanol–water partition coefficient (Wildman–Crippen LogP) is 4.60. The second kappa shape index (κ2) is 5.65. The topological polar surface area (TPSA) is 9.23 Å². The van der Waals surface area contributed by atoms with Crippen LogP contribution < -0.4 is 4.74 Å². The lowest BCUT2D eigenvalue weighted by atomic mass is 10.0. The highest BCUT2D eigenvalue weighted by atomic mass is 79.9. The second-order valence-corrected chi connectivity index (χ2v) is 4.84. The van der Waals surface area contributed by atoms with Crippen LogP contribution in [0, 0.1) is 17.5 Å². The Balaban J connectivity index is 2.41. The van der Waals surface area contributed by atoms with Crippen LogP contribution in [0.5, 0.6) is 5.75 Å². The predicted molar refractivity (Wildman–Crippen MR) is 70.1 cm³/mol. The molecule has 1 nitrogen and oxygen atoms in total. The maximum absolute atomic E-state index is 13.6. The molecule has 0 saturated heterocycles. The van der Waals surface area contributed by atoms with Crippen molar-refractivity contribution >= 4 is 15.9 Å². The van der Waals surface area contributed by atoms with E-state index in [1.165, 1.54) is 19.2 Å². The lowest BCUT2D eigenvalue weighted by molar-refractivity contribution is 0.386. The highest BCUT2D eigenvalue weighted by Crippen LogP contribution is 2.34. The first kappa shape index (κ1) is 13.9. The van der Waals surface area contributed by atoms with Crippen LogP contribution in [-0.2, 0) is 0 Å². The van der Waals surface area contributed by atoms with Crippen molar-refractivity contribution in [1.29, 1.82) is 0 Å². The molecule has 2 rings (SSSR count). The van der Waals surface area contributed by atoms with Gasteiger partial charge in [0.25, 0.3) is 0 Å². The quantitative estimate of drug-likeness (QED) is 0.747. The van der Waals surface area contributed by atoms with Crippen LogP contribution >= 0.6 is 15.9 Å². The van der Waals surface area contributed by atoms with Crippen molar-refractivity contribution in [3.05, 3.63) is 65.0 Å². The Hall–Kier alpha value is -1.49. The number of hydrogen-bond donors (Lipinski definition) is 0. The van der Waals surface area contributed by atoms with Gasteiger partial charge >= 0.3 is 0 Å². The van der Waals surface area contributed by atoms with E-state index in [1.807, 2.05) is 0 Å². The van der Waals surface area contributed by atoms with Gasteiger partial charge < -0.3 is 4.74 Å². The van der Waals surface area contributed by atoms with Crippen molar-refractivity contribution in [2.45, 2.75) is 4.83 Å². The number of rotatable bonds is 3. The average molecular weight is 331 g/mol. The zero-order valence-corrected chi connectivity index (χ0v) is 11.5. The van der Waals surface area contributed by atoms with Crippen molar-refractivity contribution in [3.63, 3.8) is 0 Å². The minimum Gasteiger partial charge on any atom is -0.494 e. The van der Waals surface area contributed by atoms with E-state index in [2.05, 4.69) is 15.9 Å². The van der Waals surface area contributed by atoms with Gasteiger partial charge in [0.2, 0.25) is 0 Å². The molecule has 0 amide bonds. The molecule has 0 bridgehead atoms. The Labute approximate surface area is 117 Å². The molecule has 0 aromatic heterocycles. The molecular formula is C14H10BrF3O. The number of ether oxygens (including phenoxy) is 1. The number of hydrogen-bond acceptors (Lipinski definition) is 1. The molecule has 0 radical (unpaired) electrons. The third-order valence-electron chi connectivity index (χ3n) is 2.70. The van der Waals surface area contributed by atoms with Crippen LogP contribution in [0.25, 0.3) is 0 Å². The number of benzene rings is 2. The normalized spacial score (nSPS) is 12.3. The van der Waals surface area contributed by atoms with Crippen molar-refractivity contribution in [3.8, 4) is 5.75 Å². The second-order valence-electron chi connectivity index (χ2n) is 3.92. The van der Waals surface area contributed by atoms with Crippen molar-refractivity contribution in [1.82, 2.24) is 0 Å². The van der Waals surface area contributed by atoms with Gasteiger partial charge in [-0.3, -0.25) is 0 Å². The van der Waals surface area contributed by atoms with Gasteiger partial charge in [-0.05, 0) is 35.9 Å². The summed E-state index contributed by atoms with van der Waals surface area (Å²) >= 11 is 3.25. The van der Waals surface area contributed by atoms with E-state index in [9.17, 15) is 13.2 Å². The third kappa shape index (κ3) is 2.92. The van der Waals surface area contributed by atoms with Crippen LogP contribution in [-0.4, -0.2) is 7.11 Å². The molecule has 100 valence electrons. The van der Waals surface area contributed by atoms with Crippen LogP contribution in [0.2, 0.25) is 0 Å². The first-order valence-electron chi connectivity index (χ1n) is 5.45. The summed E-state index contributed by atoms with van der Waals surface area (Å²) in [6.45, 7) is 0. The molecule has 1 unspecified atom stereocenters. The van der Waals surface area contributed by atoms with Crippen LogP contribution in [0.15, 0.2) is 36.4 Å². The summed E-state index contributed by atoms with van der Waals surface area (Å²) in [7, 11) is 1.36. The molecule has 0 N–H and O–H groups in total. The largest absolute Gasteiger partial charge is 0.494 e. The molecule has 0 heterocycles. The summed E-state index contributed by atoms with van der Waals surface area (Å²) < 4.78 is 45.2. The van der Waals surface area contributed by atoms with Gasteiger partial charge in [0, 0.05) is 5.56 Å². The summed E-state index contributed by atoms with van der Waals surface area (Å²) in [6.07, 6.45) is 0. The van der Waals surface area contributed by atoms with Gasteiger partial charge in [0.15, 0.2) is 11.6 Å². The number of alkyl halides is 1. The summed E-state index contributed by atoms with van der Waals surface area (Å²) in [5.41, 5.74) is 0.590. The van der Waals surface area contributed by atoms with Crippen LogP contribution in [0.4, 0.5) is 13.2 Å². The molecule has 0 aliphatic rings. The molecule has 0 aliphatic carbocycles. The summed E-state index contributed by atoms with van der Waals surface area (Å²) in [5.74, 6) is -1.56. The fourth-order valence-electron chi connectivity index (χ4n) is 1.73. The van der Waals surface area contributed by atoms with Gasteiger partial charge in [-0.1, -0.05) is 22.0 Å². The first-order chi connectivity index (χ1) is 9.02. The van der Waals surface area contributed by atoms with E-state index in [-0.39, 0.29) is 11.3 Å². The molecule has 2 aromatic rings. The molecule has 2 aromatic carbocycles. The summed E-state index contributed by atoms with van der Waals surface area (Å²) in [6, 6.07) is 7.41. The standard InChI is InChI=1S/C14H10BrF3O/c1-19-13-5-2-8(6-12(13)18)14(15)10-7-9(16)3-4-11(10)17/h2-7,14H,1H3. The molecule has 19 heavy (non-hydrogen) atoms. The Kier molecular flexibility index (Phi) is 4.14. The van der Waals surface area contributed by atoms with Gasteiger partial charge in [-0.25, -0.2) is 13.2 Å². The smallest absolute Gasteiger partial charge is 0.165 e. The van der Waals surface area contributed by atoms with E-state index >= 15 is 0 Å². The van der Waals surface area contributed by atoms with Crippen LogP contribution in [0.3, 0.4) is 0 Å². The monoisotopic (exact) mass is 330 g/mol. The fraction of sp³-hybridized carbons (Fsp3) is 0.143. The van der Waals surface area contributed by atoms with Gasteiger partial charge in [-0.2, -0.15) is 0 Å². The van der Waals surface area contributed by atoms with Crippen molar-refractivity contribution in [2.24, 2.45) is 0 Å². The van der Waals surface area contributed by atoms with Gasteiger partial charge in [0.05, 0.1) is 11.9 Å². The van der Waals surface area contributed by atoms with Crippen molar-refractivity contribution in [2.75, 3.05) is 7.11 Å². The lowest BCUT2D eigenvalue weighted by Crippen LogP contribution is -1.99. The molecule has 5 heteroatoms. The van der Waals surface area contributed by atoms with E-state index in [1.54, 1.807) is 6.07 Å². The summed E-state index contributed by atoms with van der Waals surface area (Å²) in [5, 5.41) is 0. The zero-order valence-electron chi connectivity index (χ0n) is 9.96. The third-order valence-corrected chi connectivity index (χ3v) is 3.72. The average Bonchev–Trinajstić information content (AvgIpc) is 2.40. The lowest BCUT2D eigenvalue weighted by Gasteiger charge is -2.13. The number of methoxy groups -OCH3 is 1. The minimum atomic E-state index is -0.636. The number of halogens is 4. The highest BCUT2D eigenvalue weighted by molar-refractivity contribution is 9.09. The van der Waals surface area contributed by atoms with E-state index in [0.29, 0.717) is 5.56 Å². The maximum atomic E-state index is 13.6. The molecule has 0 spiro atoms. The van der Waals surface area contributed by atoms with Crippen molar-refractivity contribution < 1.29 is 17.9 Å². The van der Waals surface area contributed by atoms with Crippen LogP contribution in [0.1, 0.15) is 16.0 Å². The Morgan fingerprint density at radius 3 is 2.37 bits per heavy atom. The van der Waals surface area contributed by atoms with E-state index < -0.39 is 22.3 Å². The Morgan fingerprint density at radius 1 is 1.00 bits per heavy atom.